The quantitative estimate of drug-likeness (QED) is 0.159. The lowest BCUT2D eigenvalue weighted by Gasteiger charge is -2.35. The van der Waals surface area contributed by atoms with Crippen molar-refractivity contribution in [3.8, 4) is 28.7 Å². The monoisotopic (exact) mass is 706 g/mol. The Morgan fingerprint density at radius 3 is 1.69 bits per heavy atom. The molecule has 2 aliphatic rings. The molecule has 0 unspecified atom stereocenters. The molecule has 8 aromatic rings. The number of fused-ring (bicyclic) bond motifs is 10. The normalized spacial score (nSPS) is 14.0. The summed E-state index contributed by atoms with van der Waals surface area (Å²) in [6.07, 6.45) is 0. The predicted octanol–water partition coefficient (Wildman–Crippen LogP) is 11.0. The molecule has 0 saturated heterocycles. The standard InChI is InChI=1S/C49H47BN2O2/c1-47(2,3)28-18-21-38-32(24-28)33-25-29(48(4,5)6)19-22-39(33)52(38)45-44-34(31-14-11-12-15-37(31)51(44)10)27-36-46(45)54-42-17-13-16-41-43(42)50(36)35-26-30(49(7,8)9)20-23-40(35)53-41/h11-27H,1-10H3. The molecule has 0 spiro atoms. The van der Waals surface area contributed by atoms with Crippen molar-refractivity contribution in [3.63, 3.8) is 0 Å². The van der Waals surface area contributed by atoms with E-state index in [9.17, 15) is 0 Å². The Kier molecular flexibility index (Phi) is 6.66. The van der Waals surface area contributed by atoms with Gasteiger partial charge in [0.05, 0.1) is 16.6 Å². The molecule has 0 fully saturated rings. The SMILES string of the molecule is Cn1c2ccccc2c2cc3c(c(-n4c5ccc(C(C)(C)C)cc5c5cc(C(C)(C)C)ccc54)c21)Oc1cccc2c1B3c1cc(C(C)(C)C)ccc1O2. The van der Waals surface area contributed by atoms with Gasteiger partial charge in [0.1, 0.15) is 28.7 Å². The average Bonchev–Trinajstić information content (AvgIpc) is 3.60. The Balaban J connectivity index is 1.39. The molecule has 2 aliphatic heterocycles. The molecule has 0 bridgehead atoms. The van der Waals surface area contributed by atoms with Crippen LogP contribution in [0.4, 0.5) is 0 Å². The molecule has 0 aliphatic carbocycles. The van der Waals surface area contributed by atoms with Gasteiger partial charge in [-0.2, -0.15) is 0 Å². The van der Waals surface area contributed by atoms with E-state index in [-0.39, 0.29) is 23.0 Å². The van der Waals surface area contributed by atoms with Gasteiger partial charge in [-0.1, -0.05) is 117 Å². The Hall–Kier alpha value is -5.42. The number of rotatable bonds is 1. The first-order valence-electron chi connectivity index (χ1n) is 19.4. The summed E-state index contributed by atoms with van der Waals surface area (Å²) in [7, 11) is 2.21. The molecular weight excluding hydrogens is 659 g/mol. The number of aryl methyl sites for hydroxylation is 1. The molecular formula is C49H47BN2O2. The first kappa shape index (κ1) is 33.2. The highest BCUT2D eigenvalue weighted by Crippen LogP contribution is 2.46. The van der Waals surface area contributed by atoms with Gasteiger partial charge in [0.15, 0.2) is 0 Å². The highest BCUT2D eigenvalue weighted by atomic mass is 16.5. The molecule has 268 valence electrons. The number of aromatic nitrogens is 2. The maximum Gasteiger partial charge on any atom is 0.260 e. The van der Waals surface area contributed by atoms with Crippen LogP contribution in [0.1, 0.15) is 79.0 Å². The summed E-state index contributed by atoms with van der Waals surface area (Å²) in [4.78, 5) is 0. The summed E-state index contributed by atoms with van der Waals surface area (Å²) in [5, 5.41) is 4.98. The van der Waals surface area contributed by atoms with Gasteiger partial charge >= 0.3 is 0 Å². The van der Waals surface area contributed by atoms with Crippen LogP contribution >= 0.6 is 0 Å². The van der Waals surface area contributed by atoms with Crippen LogP contribution in [0.25, 0.3) is 49.3 Å². The Bertz CT molecular complexity index is 2830. The second-order valence-corrected chi connectivity index (χ2v) is 18.7. The third kappa shape index (κ3) is 4.63. The minimum absolute atomic E-state index is 0.00610. The van der Waals surface area contributed by atoms with Gasteiger partial charge in [-0.05, 0) is 92.4 Å². The van der Waals surface area contributed by atoms with E-state index in [1.807, 2.05) is 0 Å². The number of nitrogens with zero attached hydrogens (tertiary/aromatic N) is 2. The fourth-order valence-corrected chi connectivity index (χ4v) is 9.07. The lowest BCUT2D eigenvalue weighted by atomic mass is 9.34. The van der Waals surface area contributed by atoms with Crippen LogP contribution in [0, 0.1) is 0 Å². The molecule has 6 aromatic carbocycles. The lowest BCUT2D eigenvalue weighted by Crippen LogP contribution is -2.57. The Morgan fingerprint density at radius 2 is 1.06 bits per heavy atom. The van der Waals surface area contributed by atoms with Crippen molar-refractivity contribution in [1.29, 1.82) is 0 Å². The average molecular weight is 707 g/mol. The summed E-state index contributed by atoms with van der Waals surface area (Å²) < 4.78 is 18.8. The van der Waals surface area contributed by atoms with Crippen molar-refractivity contribution in [3.05, 3.63) is 120 Å². The van der Waals surface area contributed by atoms with Crippen molar-refractivity contribution >= 4 is 66.7 Å². The topological polar surface area (TPSA) is 28.3 Å². The van der Waals surface area contributed by atoms with Crippen LogP contribution in [0.3, 0.4) is 0 Å². The van der Waals surface area contributed by atoms with Gasteiger partial charge in [0.25, 0.3) is 6.71 Å². The predicted molar refractivity (Wildman–Crippen MR) is 229 cm³/mol. The molecule has 0 radical (unpaired) electrons. The summed E-state index contributed by atoms with van der Waals surface area (Å²) in [5.74, 6) is 3.52. The number of para-hydroxylation sites is 1. The van der Waals surface area contributed by atoms with Gasteiger partial charge in [0.2, 0.25) is 0 Å². The highest BCUT2D eigenvalue weighted by Gasteiger charge is 2.43. The zero-order chi connectivity index (χ0) is 37.6. The molecule has 5 heteroatoms. The molecule has 0 N–H and O–H groups in total. The number of ether oxygens (including phenoxy) is 2. The maximum atomic E-state index is 7.29. The Labute approximate surface area is 318 Å². The van der Waals surface area contributed by atoms with Gasteiger partial charge in [-0.15, -0.1) is 0 Å². The number of hydrogen-bond donors (Lipinski definition) is 0. The Morgan fingerprint density at radius 1 is 0.481 bits per heavy atom. The summed E-state index contributed by atoms with van der Waals surface area (Å²) in [6.45, 7) is 20.6. The molecule has 2 aromatic heterocycles. The molecule has 0 saturated carbocycles. The molecule has 4 nitrogen and oxygen atoms in total. The van der Waals surface area contributed by atoms with E-state index >= 15 is 0 Å². The van der Waals surface area contributed by atoms with Crippen LogP contribution < -0.4 is 25.9 Å². The van der Waals surface area contributed by atoms with Crippen LogP contribution in [-0.4, -0.2) is 15.8 Å². The van der Waals surface area contributed by atoms with E-state index in [1.54, 1.807) is 0 Å². The number of hydrogen-bond acceptors (Lipinski definition) is 2. The third-order valence-electron chi connectivity index (χ3n) is 12.1. The fraction of sp³-hybridized carbons (Fsp3) is 0.265. The van der Waals surface area contributed by atoms with Gasteiger partial charge < -0.3 is 18.6 Å². The second-order valence-electron chi connectivity index (χ2n) is 18.7. The molecule has 54 heavy (non-hydrogen) atoms. The van der Waals surface area contributed by atoms with E-state index in [0.717, 1.165) is 45.1 Å². The van der Waals surface area contributed by atoms with Crippen molar-refractivity contribution in [1.82, 2.24) is 9.13 Å². The summed E-state index contributed by atoms with van der Waals surface area (Å²) in [6, 6.07) is 38.5. The smallest absolute Gasteiger partial charge is 0.260 e. The minimum atomic E-state index is -0.0683. The van der Waals surface area contributed by atoms with Crippen LogP contribution in [0.5, 0.6) is 23.0 Å². The van der Waals surface area contributed by atoms with Crippen LogP contribution in [0.15, 0.2) is 103 Å². The third-order valence-corrected chi connectivity index (χ3v) is 12.1. The first-order valence-corrected chi connectivity index (χ1v) is 19.4. The van der Waals surface area contributed by atoms with Crippen molar-refractivity contribution < 1.29 is 9.47 Å². The van der Waals surface area contributed by atoms with E-state index in [2.05, 4.69) is 182 Å². The summed E-state index contributed by atoms with van der Waals surface area (Å²) >= 11 is 0. The van der Waals surface area contributed by atoms with E-state index in [4.69, 9.17) is 9.47 Å². The van der Waals surface area contributed by atoms with Crippen molar-refractivity contribution in [2.45, 2.75) is 78.6 Å². The van der Waals surface area contributed by atoms with Crippen LogP contribution in [-0.2, 0) is 23.3 Å². The lowest BCUT2D eigenvalue weighted by molar-refractivity contribution is 0.463. The van der Waals surface area contributed by atoms with E-state index < -0.39 is 0 Å². The van der Waals surface area contributed by atoms with Gasteiger partial charge in [0, 0.05) is 39.6 Å². The van der Waals surface area contributed by atoms with E-state index in [0.29, 0.717) is 0 Å². The molecule has 4 heterocycles. The highest BCUT2D eigenvalue weighted by molar-refractivity contribution is 6.98. The fourth-order valence-electron chi connectivity index (χ4n) is 9.07. The maximum absolute atomic E-state index is 7.29. The zero-order valence-corrected chi connectivity index (χ0v) is 33.1. The van der Waals surface area contributed by atoms with Crippen molar-refractivity contribution in [2.24, 2.45) is 7.05 Å². The zero-order valence-electron chi connectivity index (χ0n) is 33.1. The second kappa shape index (κ2) is 10.8. The number of benzene rings is 6. The van der Waals surface area contributed by atoms with Gasteiger partial charge in [-0.3, -0.25) is 0 Å². The summed E-state index contributed by atoms with van der Waals surface area (Å²) in [5.41, 5.74) is 13.2. The minimum Gasteiger partial charge on any atom is -0.458 e. The molecule has 0 amide bonds. The molecule has 0 atom stereocenters. The van der Waals surface area contributed by atoms with Crippen molar-refractivity contribution in [2.75, 3.05) is 0 Å². The molecule has 10 rings (SSSR count). The van der Waals surface area contributed by atoms with Crippen LogP contribution in [0.2, 0.25) is 0 Å². The first-order chi connectivity index (χ1) is 25.6. The van der Waals surface area contributed by atoms with E-state index in [1.165, 1.54) is 60.2 Å². The van der Waals surface area contributed by atoms with Gasteiger partial charge in [-0.25, -0.2) is 0 Å². The largest absolute Gasteiger partial charge is 0.458 e.